The number of hydrogen-bond acceptors (Lipinski definition) is 4. The number of carbonyl (C=O) groups excluding carboxylic acids is 2. The maximum atomic E-state index is 13.1. The molecule has 1 aliphatic heterocycles. The molecular formula is C23H18ClFN2O3S. The highest BCUT2D eigenvalue weighted by atomic mass is 35.5. The molecule has 3 aromatic carbocycles. The van der Waals surface area contributed by atoms with Gasteiger partial charge in [0.1, 0.15) is 5.82 Å². The first-order chi connectivity index (χ1) is 14.9. The summed E-state index contributed by atoms with van der Waals surface area (Å²) in [6, 6.07) is 17.5. The SMILES string of the molecule is O=C(NCc1ccc(F)cc1)c1ccc2c(c1)C(=O)C(Cc1ccc(Cl)cc1)[S+]([O-])N2. The second-order valence-corrected chi connectivity index (χ2v) is 8.96. The zero-order valence-corrected chi connectivity index (χ0v) is 17.8. The van der Waals surface area contributed by atoms with Gasteiger partial charge in [-0.05, 0) is 53.6 Å². The van der Waals surface area contributed by atoms with E-state index in [1.807, 2.05) is 0 Å². The number of benzene rings is 3. The van der Waals surface area contributed by atoms with Gasteiger partial charge in [0.25, 0.3) is 5.91 Å². The van der Waals surface area contributed by atoms with Crippen molar-refractivity contribution in [2.24, 2.45) is 0 Å². The molecule has 1 amide bonds. The number of carbonyl (C=O) groups is 2. The van der Waals surface area contributed by atoms with Gasteiger partial charge in [-0.25, -0.2) is 9.11 Å². The first kappa shape index (κ1) is 21.4. The van der Waals surface area contributed by atoms with Gasteiger partial charge in [0.15, 0.2) is 0 Å². The topological polar surface area (TPSA) is 81.3 Å². The summed E-state index contributed by atoms with van der Waals surface area (Å²) in [7, 11) is 0. The van der Waals surface area contributed by atoms with E-state index in [2.05, 4.69) is 10.0 Å². The number of rotatable bonds is 5. The van der Waals surface area contributed by atoms with Gasteiger partial charge in [-0.2, -0.15) is 0 Å². The number of halogens is 2. The van der Waals surface area contributed by atoms with E-state index in [0.717, 1.165) is 11.1 Å². The average Bonchev–Trinajstić information content (AvgIpc) is 2.77. The van der Waals surface area contributed by atoms with Gasteiger partial charge in [-0.15, -0.1) is 0 Å². The van der Waals surface area contributed by atoms with E-state index in [9.17, 15) is 18.5 Å². The van der Waals surface area contributed by atoms with E-state index in [-0.39, 0.29) is 30.5 Å². The van der Waals surface area contributed by atoms with Crippen LogP contribution in [-0.2, 0) is 24.3 Å². The molecule has 0 fully saturated rings. The summed E-state index contributed by atoms with van der Waals surface area (Å²) in [6.07, 6.45) is 0.288. The number of anilines is 1. The zero-order valence-electron chi connectivity index (χ0n) is 16.2. The third-order valence-corrected chi connectivity index (χ3v) is 6.58. The monoisotopic (exact) mass is 456 g/mol. The lowest BCUT2D eigenvalue weighted by atomic mass is 9.98. The van der Waals surface area contributed by atoms with Crippen molar-refractivity contribution in [1.82, 2.24) is 5.32 Å². The minimum Gasteiger partial charge on any atom is -0.592 e. The number of ketones is 1. The van der Waals surface area contributed by atoms with E-state index in [1.54, 1.807) is 48.5 Å². The Labute approximate surface area is 186 Å². The molecule has 0 radical (unpaired) electrons. The average molecular weight is 457 g/mol. The summed E-state index contributed by atoms with van der Waals surface area (Å²) < 4.78 is 28.5. The molecule has 0 saturated carbocycles. The lowest BCUT2D eigenvalue weighted by Gasteiger charge is -2.27. The third-order valence-electron chi connectivity index (χ3n) is 5.01. The number of fused-ring (bicyclic) bond motifs is 1. The van der Waals surface area contributed by atoms with Gasteiger partial charge in [-0.1, -0.05) is 35.9 Å². The zero-order chi connectivity index (χ0) is 22.0. The number of nitrogens with one attached hydrogen (secondary N) is 2. The van der Waals surface area contributed by atoms with Crippen molar-refractivity contribution in [1.29, 1.82) is 0 Å². The number of hydrogen-bond donors (Lipinski definition) is 2. The predicted octanol–water partition coefficient (Wildman–Crippen LogP) is 4.29. The molecule has 31 heavy (non-hydrogen) atoms. The van der Waals surface area contributed by atoms with E-state index in [1.165, 1.54) is 18.2 Å². The molecular weight excluding hydrogens is 439 g/mol. The van der Waals surface area contributed by atoms with Crippen LogP contribution in [0.4, 0.5) is 10.1 Å². The fourth-order valence-electron chi connectivity index (χ4n) is 3.32. The van der Waals surface area contributed by atoms with Gasteiger partial charge >= 0.3 is 0 Å². The molecule has 1 aliphatic rings. The molecule has 2 N–H and O–H groups in total. The Morgan fingerprint density at radius 1 is 1.06 bits per heavy atom. The van der Waals surface area contributed by atoms with Crippen molar-refractivity contribution in [3.63, 3.8) is 0 Å². The molecule has 0 spiro atoms. The Morgan fingerprint density at radius 3 is 2.45 bits per heavy atom. The minimum absolute atomic E-state index is 0.228. The fourth-order valence-corrected chi connectivity index (χ4v) is 4.65. The molecule has 8 heteroatoms. The van der Waals surface area contributed by atoms with Crippen molar-refractivity contribution in [3.8, 4) is 0 Å². The van der Waals surface area contributed by atoms with Crippen molar-refractivity contribution < 1.29 is 18.5 Å². The van der Waals surface area contributed by atoms with Gasteiger partial charge in [0.05, 0.1) is 22.6 Å². The van der Waals surface area contributed by atoms with Crippen LogP contribution in [0.5, 0.6) is 0 Å². The Balaban J connectivity index is 1.50. The molecule has 2 unspecified atom stereocenters. The highest BCUT2D eigenvalue weighted by Crippen LogP contribution is 2.30. The van der Waals surface area contributed by atoms with Gasteiger partial charge < -0.3 is 9.87 Å². The third kappa shape index (κ3) is 4.90. The lowest BCUT2D eigenvalue weighted by Crippen LogP contribution is -2.41. The fraction of sp³-hybridized carbons (Fsp3) is 0.130. The molecule has 3 aromatic rings. The molecule has 158 valence electrons. The second-order valence-electron chi connectivity index (χ2n) is 7.15. The number of Topliss-reactive ketones (excluding diaryl/α,β-unsaturated/α-hetero) is 1. The summed E-state index contributed by atoms with van der Waals surface area (Å²) in [5.41, 5.74) is 2.67. The summed E-state index contributed by atoms with van der Waals surface area (Å²) in [5, 5.41) is 2.57. The lowest BCUT2D eigenvalue weighted by molar-refractivity contribution is 0.0951. The Morgan fingerprint density at radius 2 is 1.74 bits per heavy atom. The summed E-state index contributed by atoms with van der Waals surface area (Å²) in [5.74, 6) is -0.989. The van der Waals surface area contributed by atoms with Crippen molar-refractivity contribution in [3.05, 3.63) is 99.8 Å². The van der Waals surface area contributed by atoms with Gasteiger partial charge in [-0.3, -0.25) is 9.59 Å². The van der Waals surface area contributed by atoms with Crippen LogP contribution >= 0.6 is 11.6 Å². The van der Waals surface area contributed by atoms with Crippen LogP contribution in [0.2, 0.25) is 5.02 Å². The molecule has 4 rings (SSSR count). The first-order valence-corrected chi connectivity index (χ1v) is 11.1. The quantitative estimate of drug-likeness (QED) is 0.561. The Hall–Kier alpha value is -2.87. The van der Waals surface area contributed by atoms with Crippen LogP contribution in [0.3, 0.4) is 0 Å². The molecule has 1 heterocycles. The van der Waals surface area contributed by atoms with Gasteiger partial charge in [0.2, 0.25) is 11.0 Å². The van der Waals surface area contributed by atoms with E-state index < -0.39 is 16.6 Å². The largest absolute Gasteiger partial charge is 0.592 e. The highest BCUT2D eigenvalue weighted by Gasteiger charge is 2.39. The van der Waals surface area contributed by atoms with Crippen molar-refractivity contribution in [2.75, 3.05) is 4.72 Å². The molecule has 2 atom stereocenters. The summed E-state index contributed by atoms with van der Waals surface area (Å²) in [4.78, 5) is 25.6. The van der Waals surface area contributed by atoms with Crippen LogP contribution in [0.15, 0.2) is 66.7 Å². The molecule has 5 nitrogen and oxygen atoms in total. The highest BCUT2D eigenvalue weighted by molar-refractivity contribution is 7.94. The van der Waals surface area contributed by atoms with Gasteiger partial charge in [0, 0.05) is 23.6 Å². The van der Waals surface area contributed by atoms with E-state index >= 15 is 0 Å². The summed E-state index contributed by atoms with van der Waals surface area (Å²) in [6.45, 7) is 0.228. The maximum Gasteiger partial charge on any atom is 0.251 e. The Bertz CT molecular complexity index is 1120. The second kappa shape index (κ2) is 9.09. The predicted molar refractivity (Wildman–Crippen MR) is 119 cm³/mol. The van der Waals surface area contributed by atoms with Crippen LogP contribution in [0.25, 0.3) is 0 Å². The van der Waals surface area contributed by atoms with Crippen molar-refractivity contribution in [2.45, 2.75) is 18.2 Å². The molecule has 0 saturated heterocycles. The van der Waals surface area contributed by atoms with Crippen LogP contribution in [-0.4, -0.2) is 21.5 Å². The first-order valence-electron chi connectivity index (χ1n) is 9.53. The Kier molecular flexibility index (Phi) is 6.27. The minimum atomic E-state index is -1.59. The smallest absolute Gasteiger partial charge is 0.251 e. The standard InChI is InChI=1S/C23H18ClFN2O3S/c24-17-6-1-14(2-7-17)11-21-22(28)19-12-16(5-10-20(19)27-31(21)30)23(29)26-13-15-3-8-18(25)9-4-15/h1-10,12,21,27H,11,13H2,(H,26,29). The number of amides is 1. The molecule has 0 bridgehead atoms. The normalized spacial score (nSPS) is 17.6. The van der Waals surface area contributed by atoms with Crippen LogP contribution in [0.1, 0.15) is 31.8 Å². The van der Waals surface area contributed by atoms with Crippen LogP contribution < -0.4 is 10.0 Å². The summed E-state index contributed by atoms with van der Waals surface area (Å²) >= 11 is 4.32. The van der Waals surface area contributed by atoms with Crippen molar-refractivity contribution >= 4 is 40.3 Å². The van der Waals surface area contributed by atoms with E-state index in [4.69, 9.17) is 11.6 Å². The molecule has 0 aliphatic carbocycles. The van der Waals surface area contributed by atoms with E-state index in [0.29, 0.717) is 21.8 Å². The molecule has 0 aromatic heterocycles. The van der Waals surface area contributed by atoms with Crippen LogP contribution in [0, 0.1) is 5.82 Å². The maximum absolute atomic E-state index is 13.1.